The number of nitrogens with one attached hydrogen (secondary N) is 4. The highest BCUT2D eigenvalue weighted by Gasteiger charge is 2.42. The predicted molar refractivity (Wildman–Crippen MR) is 217 cm³/mol. The number of benzene rings is 1. The number of urea groups is 1. The first-order chi connectivity index (χ1) is 28.3. The molecule has 4 saturated heterocycles. The van der Waals surface area contributed by atoms with Gasteiger partial charge in [0.15, 0.2) is 11.5 Å². The number of thioether (sulfide) groups is 1. The van der Waals surface area contributed by atoms with Gasteiger partial charge in [0.25, 0.3) is 0 Å². The molecule has 6 heterocycles. The number of rotatable bonds is 21. The van der Waals surface area contributed by atoms with Crippen molar-refractivity contribution >= 4 is 52.5 Å². The van der Waals surface area contributed by atoms with Gasteiger partial charge in [-0.2, -0.15) is 16.7 Å². The number of piperidine rings is 1. The van der Waals surface area contributed by atoms with Crippen LogP contribution in [0.3, 0.4) is 0 Å². The Morgan fingerprint density at radius 2 is 1.86 bits per heavy atom. The largest absolute Gasteiger partial charge is 0.493 e. The van der Waals surface area contributed by atoms with Crippen LogP contribution in [0, 0.1) is 0 Å². The second kappa shape index (κ2) is 20.2. The summed E-state index contributed by atoms with van der Waals surface area (Å²) in [5, 5.41) is 31.6. The van der Waals surface area contributed by atoms with Crippen molar-refractivity contribution in [3.05, 3.63) is 24.0 Å². The van der Waals surface area contributed by atoms with Gasteiger partial charge in [0.1, 0.15) is 18.1 Å². The van der Waals surface area contributed by atoms with Crippen LogP contribution in [-0.2, 0) is 27.4 Å². The van der Waals surface area contributed by atoms with Gasteiger partial charge in [-0.25, -0.2) is 19.3 Å². The van der Waals surface area contributed by atoms with Crippen molar-refractivity contribution in [1.82, 2.24) is 45.8 Å². The van der Waals surface area contributed by atoms with Crippen LogP contribution in [0.15, 0.2) is 18.3 Å². The minimum Gasteiger partial charge on any atom is -0.493 e. The van der Waals surface area contributed by atoms with E-state index >= 15 is 0 Å². The molecule has 4 aliphatic rings. The van der Waals surface area contributed by atoms with Crippen molar-refractivity contribution < 1.29 is 38.4 Å². The number of ether oxygens (including phenoxy) is 4. The molecule has 4 amide bonds. The number of methoxy groups -OCH3 is 1. The smallest absolute Gasteiger partial charge is 0.407 e. The molecule has 2 aromatic heterocycles. The number of likely N-dealkylation sites (tertiary alicyclic amines) is 1. The zero-order chi connectivity index (χ0) is 40.3. The quantitative estimate of drug-likeness (QED) is 0.0771. The minimum absolute atomic E-state index is 0.0255. The summed E-state index contributed by atoms with van der Waals surface area (Å²) >= 11 is 1.90. The fraction of sp³-hybridized carbons (Fsp3) is 0.658. The molecular formula is C38H55N11O8S. The Kier molecular flexibility index (Phi) is 14.4. The molecule has 0 bridgehead atoms. The van der Waals surface area contributed by atoms with E-state index in [9.17, 15) is 19.5 Å². The van der Waals surface area contributed by atoms with E-state index in [0.29, 0.717) is 98.8 Å². The maximum atomic E-state index is 12.2. The standard InChI is InChI=1S/C38H55N11O8S/c1-54-30-19-27-28(41-36(47-11-4-5-12-47)44-35(27)40-25-7-6-13-48(21-25)38(52)53)20-31(30)57-23-26-22-49(46-45-26)14-16-56-18-17-55-15-10-39-33(50)9-3-2-8-32-34-29(24-58-32)42-37(51)43-34/h19-20,22,25,29,32,34H,2-18,21,23-24H2,1H3,(H,39,50)(H,52,53)(H,40,41,44)(H2,42,43,51)/t25?,29-,32-,34-/m0/s1. The molecule has 1 aromatic carbocycles. The van der Waals surface area contributed by atoms with E-state index in [1.807, 2.05) is 30.1 Å². The third kappa shape index (κ3) is 11.0. The summed E-state index contributed by atoms with van der Waals surface area (Å²) in [5.41, 5.74) is 1.33. The molecule has 20 heteroatoms. The molecule has 0 spiro atoms. The zero-order valence-electron chi connectivity index (χ0n) is 33.0. The van der Waals surface area contributed by atoms with Crippen molar-refractivity contribution in [2.75, 3.05) is 82.2 Å². The number of amides is 4. The molecule has 5 N–H and O–H groups in total. The number of carboxylic acid groups (broad SMARTS) is 1. The van der Waals surface area contributed by atoms with Crippen LogP contribution in [0.1, 0.15) is 57.1 Å². The van der Waals surface area contributed by atoms with Crippen molar-refractivity contribution in [3.63, 3.8) is 0 Å². The Bertz CT molecular complexity index is 1860. The summed E-state index contributed by atoms with van der Waals surface area (Å²) in [7, 11) is 1.58. The minimum atomic E-state index is -0.914. The molecule has 0 saturated carbocycles. The number of nitrogens with zero attached hydrogens (tertiary/aromatic N) is 7. The first-order valence-electron chi connectivity index (χ1n) is 20.3. The summed E-state index contributed by atoms with van der Waals surface area (Å²) in [4.78, 5) is 48.8. The molecule has 316 valence electrons. The number of fused-ring (bicyclic) bond motifs is 2. The molecule has 4 aliphatic heterocycles. The van der Waals surface area contributed by atoms with E-state index in [4.69, 9.17) is 28.9 Å². The van der Waals surface area contributed by atoms with Crippen molar-refractivity contribution in [2.24, 2.45) is 0 Å². The molecule has 58 heavy (non-hydrogen) atoms. The van der Waals surface area contributed by atoms with E-state index in [1.54, 1.807) is 11.8 Å². The lowest BCUT2D eigenvalue weighted by Gasteiger charge is -2.32. The van der Waals surface area contributed by atoms with Gasteiger partial charge < -0.3 is 55.1 Å². The molecule has 7 rings (SSSR count). The van der Waals surface area contributed by atoms with E-state index < -0.39 is 6.09 Å². The number of aromatic nitrogens is 5. The Hall–Kier alpha value is -4.82. The predicted octanol–water partition coefficient (Wildman–Crippen LogP) is 2.84. The van der Waals surface area contributed by atoms with E-state index in [-0.39, 0.29) is 36.7 Å². The Morgan fingerprint density at radius 1 is 1.02 bits per heavy atom. The van der Waals surface area contributed by atoms with Gasteiger partial charge in [-0.3, -0.25) is 4.79 Å². The molecular weight excluding hydrogens is 771 g/mol. The number of carbonyl (C=O) groups is 3. The second-order valence-corrected chi connectivity index (χ2v) is 16.3. The lowest BCUT2D eigenvalue weighted by atomic mass is 10.0. The normalized spacial score (nSPS) is 21.5. The first-order valence-corrected chi connectivity index (χ1v) is 21.4. The highest BCUT2D eigenvalue weighted by Crippen LogP contribution is 2.37. The summed E-state index contributed by atoms with van der Waals surface area (Å²) in [6, 6.07) is 4.00. The molecule has 1 unspecified atom stereocenters. The molecule has 0 aliphatic carbocycles. The average molecular weight is 826 g/mol. The van der Waals surface area contributed by atoms with Crippen molar-refractivity contribution in [3.8, 4) is 11.5 Å². The summed E-state index contributed by atoms with van der Waals surface area (Å²) < 4.78 is 24.9. The average Bonchev–Trinajstić information content (AvgIpc) is 4.05. The van der Waals surface area contributed by atoms with Crippen LogP contribution in [0.5, 0.6) is 11.5 Å². The molecule has 3 aromatic rings. The molecule has 4 atom stereocenters. The Morgan fingerprint density at radius 3 is 2.69 bits per heavy atom. The van der Waals surface area contributed by atoms with E-state index in [0.717, 1.165) is 69.2 Å². The number of hydrogen-bond donors (Lipinski definition) is 5. The Labute approximate surface area is 341 Å². The highest BCUT2D eigenvalue weighted by atomic mass is 32.2. The fourth-order valence-corrected chi connectivity index (χ4v) is 9.34. The van der Waals surface area contributed by atoms with Crippen LogP contribution in [0.4, 0.5) is 21.4 Å². The van der Waals surface area contributed by atoms with Gasteiger partial charge in [0, 0.05) is 67.6 Å². The number of unbranched alkanes of at least 4 members (excludes halogenated alkanes) is 1. The SMILES string of the molecule is COc1cc2c(NC3CCCN(C(=O)O)C3)nc(N3CCCC3)nc2cc1OCc1cn(CCOCCOCCNC(=O)CCCC[C@@H]2SC[C@@H]3NC(=O)N[C@@H]32)nn1. The number of hydrogen-bond acceptors (Lipinski definition) is 14. The third-order valence-electron chi connectivity index (χ3n) is 10.8. The van der Waals surface area contributed by atoms with Gasteiger partial charge in [0.05, 0.1) is 63.9 Å². The van der Waals surface area contributed by atoms with Crippen molar-refractivity contribution in [1.29, 1.82) is 0 Å². The fourth-order valence-electron chi connectivity index (χ4n) is 7.80. The van der Waals surface area contributed by atoms with Gasteiger partial charge in [-0.1, -0.05) is 11.6 Å². The van der Waals surface area contributed by atoms with Gasteiger partial charge >= 0.3 is 12.1 Å². The van der Waals surface area contributed by atoms with Crippen molar-refractivity contribution in [2.45, 2.75) is 87.9 Å². The summed E-state index contributed by atoms with van der Waals surface area (Å²) in [6.07, 6.45) is 7.92. The maximum absolute atomic E-state index is 12.2. The van der Waals surface area contributed by atoms with Crippen LogP contribution in [0.25, 0.3) is 10.9 Å². The molecule has 19 nitrogen and oxygen atoms in total. The first kappa shape index (κ1) is 41.3. The summed E-state index contributed by atoms with van der Waals surface area (Å²) in [5.74, 6) is 3.26. The Balaban J connectivity index is 0.802. The molecule has 4 fully saturated rings. The van der Waals surface area contributed by atoms with Gasteiger partial charge in [-0.05, 0) is 44.6 Å². The lowest BCUT2D eigenvalue weighted by Crippen LogP contribution is -2.44. The monoisotopic (exact) mass is 825 g/mol. The maximum Gasteiger partial charge on any atom is 0.407 e. The second-order valence-electron chi connectivity index (χ2n) is 15.0. The van der Waals surface area contributed by atoms with Gasteiger partial charge in [-0.15, -0.1) is 5.10 Å². The highest BCUT2D eigenvalue weighted by molar-refractivity contribution is 8.00. The topological polar surface area (TPSA) is 219 Å². The van der Waals surface area contributed by atoms with E-state index in [2.05, 4.69) is 36.5 Å². The molecule has 0 radical (unpaired) electrons. The number of carbonyl (C=O) groups excluding carboxylic acids is 2. The third-order valence-corrected chi connectivity index (χ3v) is 12.3. The van der Waals surface area contributed by atoms with Crippen LogP contribution in [0.2, 0.25) is 0 Å². The van der Waals surface area contributed by atoms with Crippen LogP contribution < -0.4 is 35.6 Å². The lowest BCUT2D eigenvalue weighted by molar-refractivity contribution is -0.121. The van der Waals surface area contributed by atoms with Gasteiger partial charge in [0.2, 0.25) is 11.9 Å². The van der Waals surface area contributed by atoms with E-state index in [1.165, 1.54) is 4.90 Å². The zero-order valence-corrected chi connectivity index (χ0v) is 33.8. The summed E-state index contributed by atoms with van der Waals surface area (Å²) in [6.45, 7) is 5.46. The van der Waals surface area contributed by atoms with Crippen LogP contribution in [-0.4, -0.2) is 148 Å². The number of anilines is 2. The van der Waals surface area contributed by atoms with Crippen LogP contribution >= 0.6 is 11.8 Å².